The zero-order valence-electron chi connectivity index (χ0n) is 7.63. The molecule has 1 aromatic rings. The van der Waals surface area contributed by atoms with Crippen LogP contribution in [0, 0.1) is 0 Å². The summed E-state index contributed by atoms with van der Waals surface area (Å²) >= 11 is -0.607. The molecule has 0 aromatic carbocycles. The van der Waals surface area contributed by atoms with Crippen LogP contribution in [0.1, 0.15) is 20.8 Å². The van der Waals surface area contributed by atoms with E-state index in [2.05, 4.69) is 30.7 Å². The van der Waals surface area contributed by atoms with Gasteiger partial charge in [0.25, 0.3) is 0 Å². The van der Waals surface area contributed by atoms with Crippen molar-refractivity contribution < 1.29 is 0 Å². The summed E-state index contributed by atoms with van der Waals surface area (Å²) in [5, 5.41) is 0. The molecule has 1 aromatic heterocycles. The standard InChI is InChI=1S/C4H4N3.C4H9.Sn/c5-4-6-2-1-3-7-4;1-4(2)3;/h1-2H,(H2,5,6,7);1-3H3;. The molecule has 12 heavy (non-hydrogen) atoms. The summed E-state index contributed by atoms with van der Waals surface area (Å²) in [6.45, 7) is 6.74. The van der Waals surface area contributed by atoms with Crippen LogP contribution < -0.4 is 9.44 Å². The maximum absolute atomic E-state index is 5.48. The van der Waals surface area contributed by atoms with Gasteiger partial charge in [0, 0.05) is 0 Å². The molecule has 0 bridgehead atoms. The average Bonchev–Trinajstić information content (AvgIpc) is 1.82. The van der Waals surface area contributed by atoms with E-state index < -0.39 is 21.1 Å². The average molecular weight is 270 g/mol. The zero-order valence-corrected chi connectivity index (χ0v) is 10.5. The molecule has 0 aliphatic carbocycles. The van der Waals surface area contributed by atoms with Crippen molar-refractivity contribution in [3.05, 3.63) is 12.3 Å². The molecule has 0 saturated carbocycles. The third kappa shape index (κ3) is 3.38. The van der Waals surface area contributed by atoms with Crippen molar-refractivity contribution in [2.75, 3.05) is 5.73 Å². The number of aromatic nitrogens is 2. The van der Waals surface area contributed by atoms with E-state index in [0.29, 0.717) is 9.38 Å². The van der Waals surface area contributed by atoms with Crippen LogP contribution in [0.2, 0.25) is 3.43 Å². The van der Waals surface area contributed by atoms with Gasteiger partial charge < -0.3 is 0 Å². The number of hydrogen-bond donors (Lipinski definition) is 1. The molecule has 64 valence electrons. The van der Waals surface area contributed by atoms with Crippen LogP contribution >= 0.6 is 0 Å². The van der Waals surface area contributed by atoms with Crippen molar-refractivity contribution in [2.45, 2.75) is 24.2 Å². The number of nitrogens with two attached hydrogens (primary N) is 1. The number of hydrogen-bond acceptors (Lipinski definition) is 3. The first-order valence-corrected chi connectivity index (χ1v) is 6.69. The Morgan fingerprint density at radius 3 is 2.58 bits per heavy atom. The Hall–Kier alpha value is -0.321. The van der Waals surface area contributed by atoms with Crippen molar-refractivity contribution in [1.29, 1.82) is 0 Å². The molecule has 2 radical (unpaired) electrons. The van der Waals surface area contributed by atoms with E-state index in [0.717, 1.165) is 0 Å². The molecule has 0 saturated heterocycles. The van der Waals surface area contributed by atoms with Gasteiger partial charge >= 0.3 is 83.0 Å². The summed E-state index contributed by atoms with van der Waals surface area (Å²) in [5.74, 6) is 0.401. The normalized spacial score (nSPS) is 11.6. The van der Waals surface area contributed by atoms with Crippen LogP contribution in [-0.4, -0.2) is 31.1 Å². The molecule has 0 amide bonds. The Labute approximate surface area is 83.0 Å². The molecule has 3 nitrogen and oxygen atoms in total. The van der Waals surface area contributed by atoms with Gasteiger partial charge in [0.1, 0.15) is 0 Å². The third-order valence-corrected chi connectivity index (χ3v) is 4.84. The van der Waals surface area contributed by atoms with E-state index in [-0.39, 0.29) is 0 Å². The van der Waals surface area contributed by atoms with Gasteiger partial charge in [-0.05, 0) is 0 Å². The van der Waals surface area contributed by atoms with Gasteiger partial charge in [-0.1, -0.05) is 0 Å². The zero-order chi connectivity index (χ0) is 9.19. The SMILES string of the molecule is C[C](C)(C)[Sn][c]1ccnc(N)n1. The van der Waals surface area contributed by atoms with Crippen LogP contribution in [-0.2, 0) is 0 Å². The fraction of sp³-hybridized carbons (Fsp3) is 0.500. The summed E-state index contributed by atoms with van der Waals surface area (Å²) < 4.78 is 1.60. The topological polar surface area (TPSA) is 51.8 Å². The fourth-order valence-corrected chi connectivity index (χ4v) is 3.96. The molecule has 0 spiro atoms. The molecule has 1 rings (SSSR count). The molecule has 0 unspecified atom stereocenters. The van der Waals surface area contributed by atoms with Gasteiger partial charge in [-0.2, -0.15) is 0 Å². The van der Waals surface area contributed by atoms with Crippen LogP contribution in [0.4, 0.5) is 5.95 Å². The first-order chi connectivity index (χ1) is 5.47. The van der Waals surface area contributed by atoms with Gasteiger partial charge in [-0.3, -0.25) is 0 Å². The summed E-state index contributed by atoms with van der Waals surface area (Å²) in [6.07, 6.45) is 1.74. The summed E-state index contributed by atoms with van der Waals surface area (Å²) in [6, 6.07) is 1.98. The number of nitrogen functional groups attached to an aromatic ring is 1. The molecule has 0 aliphatic rings. The van der Waals surface area contributed by atoms with Gasteiger partial charge in [0.05, 0.1) is 0 Å². The van der Waals surface area contributed by atoms with E-state index in [1.54, 1.807) is 6.20 Å². The van der Waals surface area contributed by atoms with Crippen LogP contribution in [0.15, 0.2) is 12.3 Å². The molecule has 1 heterocycles. The first-order valence-electron chi connectivity index (χ1n) is 3.84. The van der Waals surface area contributed by atoms with E-state index >= 15 is 0 Å². The van der Waals surface area contributed by atoms with Crippen LogP contribution in [0.25, 0.3) is 0 Å². The maximum atomic E-state index is 5.48. The summed E-state index contributed by atoms with van der Waals surface area (Å²) in [4.78, 5) is 8.06. The van der Waals surface area contributed by atoms with E-state index in [4.69, 9.17) is 5.73 Å². The van der Waals surface area contributed by atoms with Crippen LogP contribution in [0.5, 0.6) is 0 Å². The predicted octanol–water partition coefficient (Wildman–Crippen LogP) is 0.607. The van der Waals surface area contributed by atoms with Gasteiger partial charge in [-0.25, -0.2) is 0 Å². The molecule has 2 N–H and O–H groups in total. The summed E-state index contributed by atoms with van der Waals surface area (Å²) in [7, 11) is 0. The van der Waals surface area contributed by atoms with Crippen LogP contribution in [0.3, 0.4) is 0 Å². The van der Waals surface area contributed by atoms with Crippen molar-refractivity contribution in [2.24, 2.45) is 0 Å². The molecule has 0 fully saturated rings. The van der Waals surface area contributed by atoms with Crippen molar-refractivity contribution in [3.63, 3.8) is 0 Å². The Bertz CT molecular complexity index is 267. The second-order valence-corrected chi connectivity index (χ2v) is 10.1. The number of nitrogens with zero attached hydrogens (tertiary/aromatic N) is 2. The second-order valence-electron chi connectivity index (χ2n) is 3.68. The van der Waals surface area contributed by atoms with E-state index in [9.17, 15) is 0 Å². The van der Waals surface area contributed by atoms with Crippen molar-refractivity contribution in [1.82, 2.24) is 9.97 Å². The fourth-order valence-electron chi connectivity index (χ4n) is 0.828. The number of rotatable bonds is 1. The monoisotopic (exact) mass is 271 g/mol. The molecular weight excluding hydrogens is 257 g/mol. The predicted molar refractivity (Wildman–Crippen MR) is 51.5 cm³/mol. The molecule has 0 aliphatic heterocycles. The summed E-state index contributed by atoms with van der Waals surface area (Å²) in [5.41, 5.74) is 5.48. The van der Waals surface area contributed by atoms with Crippen molar-refractivity contribution in [3.8, 4) is 0 Å². The van der Waals surface area contributed by atoms with E-state index in [1.165, 1.54) is 3.71 Å². The van der Waals surface area contributed by atoms with Gasteiger partial charge in [0.15, 0.2) is 0 Å². The Balaban J connectivity index is 2.77. The van der Waals surface area contributed by atoms with Gasteiger partial charge in [-0.15, -0.1) is 0 Å². The molecule has 4 heteroatoms. The third-order valence-electron chi connectivity index (χ3n) is 1.18. The van der Waals surface area contributed by atoms with E-state index in [1.807, 2.05) is 6.07 Å². The number of anilines is 1. The Morgan fingerprint density at radius 1 is 1.42 bits per heavy atom. The molecule has 0 atom stereocenters. The van der Waals surface area contributed by atoms with Crippen molar-refractivity contribution >= 4 is 30.8 Å². The minimum atomic E-state index is -0.607. The Morgan fingerprint density at radius 2 is 2.08 bits per heavy atom. The first kappa shape index (κ1) is 9.76. The molecular formula is C8H13N3Sn. The quantitative estimate of drug-likeness (QED) is 0.760. The minimum absolute atomic E-state index is 0.401. The Kier molecular flexibility index (Phi) is 2.93. The second kappa shape index (κ2) is 3.60. The van der Waals surface area contributed by atoms with Gasteiger partial charge in [0.2, 0.25) is 0 Å².